The van der Waals surface area contributed by atoms with E-state index in [1.165, 1.54) is 77.0 Å². The lowest BCUT2D eigenvalue weighted by molar-refractivity contribution is -0.903. The molecule has 0 bridgehead atoms. The van der Waals surface area contributed by atoms with E-state index in [9.17, 15) is 18.3 Å². The van der Waals surface area contributed by atoms with Crippen molar-refractivity contribution in [1.29, 1.82) is 0 Å². The van der Waals surface area contributed by atoms with Gasteiger partial charge in [-0.15, -0.1) is 0 Å². The van der Waals surface area contributed by atoms with Crippen molar-refractivity contribution >= 4 is 26.8 Å². The summed E-state index contributed by atoms with van der Waals surface area (Å²) in [6.45, 7) is 7.61. The van der Waals surface area contributed by atoms with Crippen LogP contribution in [0.25, 0.3) is 22.3 Å². The van der Waals surface area contributed by atoms with E-state index in [4.69, 9.17) is 8.97 Å². The van der Waals surface area contributed by atoms with Crippen molar-refractivity contribution in [2.24, 2.45) is 0 Å². The van der Waals surface area contributed by atoms with Crippen molar-refractivity contribution < 1.29 is 27.0 Å². The van der Waals surface area contributed by atoms with Gasteiger partial charge in [-0.3, -0.25) is 9.35 Å². The lowest BCUT2D eigenvalue weighted by Gasteiger charge is -2.29. The molecule has 2 aromatic carbocycles. The van der Waals surface area contributed by atoms with E-state index in [1.807, 2.05) is 32.3 Å². The van der Waals surface area contributed by atoms with Crippen molar-refractivity contribution in [2.45, 2.75) is 104 Å². The number of rotatable bonds is 22. The number of unbranched alkanes of at least 4 members (excludes halogenated alkanes) is 10. The van der Waals surface area contributed by atoms with Crippen LogP contribution in [0.3, 0.4) is 0 Å². The Bertz CT molecular complexity index is 1500. The number of aromatic hydroxyl groups is 1. The van der Waals surface area contributed by atoms with Gasteiger partial charge < -0.3 is 18.9 Å². The van der Waals surface area contributed by atoms with Gasteiger partial charge in [0, 0.05) is 36.3 Å². The third-order valence-corrected chi connectivity index (χ3v) is 9.57. The van der Waals surface area contributed by atoms with Crippen LogP contribution in [0, 0.1) is 0 Å². The van der Waals surface area contributed by atoms with Crippen LogP contribution in [0.4, 0.5) is 5.69 Å². The zero-order chi connectivity index (χ0) is 33.6. The Hall–Kier alpha value is -2.88. The maximum Gasteiger partial charge on any atom is 0.265 e. The van der Waals surface area contributed by atoms with E-state index in [0.29, 0.717) is 40.5 Å². The molecule has 0 radical (unpaired) electrons. The summed E-state index contributed by atoms with van der Waals surface area (Å²) < 4.78 is 37.8. The molecule has 0 aliphatic carbocycles. The van der Waals surface area contributed by atoms with Crippen LogP contribution in [-0.2, 0) is 16.7 Å². The molecule has 0 atom stereocenters. The minimum atomic E-state index is -4.00. The average molecular weight is 658 g/mol. The zero-order valence-electron chi connectivity index (χ0n) is 28.6. The first kappa shape index (κ1) is 37.6. The first-order chi connectivity index (χ1) is 21.9. The summed E-state index contributed by atoms with van der Waals surface area (Å²) in [5.74, 6) is -0.531. The van der Waals surface area contributed by atoms with Crippen LogP contribution in [-0.4, -0.2) is 62.0 Å². The molecule has 0 saturated heterocycles. The molecule has 3 aromatic rings. The summed E-state index contributed by atoms with van der Waals surface area (Å²) >= 11 is 0. The Morgan fingerprint density at radius 3 is 1.91 bits per heavy atom. The molecule has 0 unspecified atom stereocenters. The van der Waals surface area contributed by atoms with E-state index in [-0.39, 0.29) is 11.5 Å². The van der Waals surface area contributed by atoms with Crippen molar-refractivity contribution in [3.8, 4) is 17.1 Å². The molecule has 0 spiro atoms. The van der Waals surface area contributed by atoms with Gasteiger partial charge in [0.15, 0.2) is 5.76 Å². The highest BCUT2D eigenvalue weighted by Crippen LogP contribution is 2.32. The minimum absolute atomic E-state index is 0.163. The second-order valence-electron chi connectivity index (χ2n) is 13.5. The Morgan fingerprint density at radius 2 is 1.35 bits per heavy atom. The molecule has 3 rings (SSSR count). The van der Waals surface area contributed by atoms with Gasteiger partial charge in [-0.25, -0.2) is 0 Å². The number of anilines is 1. The smallest absolute Gasteiger partial charge is 0.265 e. The molecule has 8 nitrogen and oxygen atoms in total. The Morgan fingerprint density at radius 1 is 0.783 bits per heavy atom. The van der Waals surface area contributed by atoms with Crippen molar-refractivity contribution in [2.75, 3.05) is 44.4 Å². The van der Waals surface area contributed by atoms with E-state index in [1.54, 1.807) is 12.1 Å². The highest BCUT2D eigenvalue weighted by atomic mass is 32.2. The number of fused-ring (bicyclic) bond motifs is 1. The number of benzene rings is 2. The number of nitrogens with zero attached hydrogens (tertiary/aromatic N) is 2. The van der Waals surface area contributed by atoms with Crippen LogP contribution in [0.15, 0.2) is 51.7 Å². The molecular weight excluding hydrogens is 600 g/mol. The highest BCUT2D eigenvalue weighted by Gasteiger charge is 2.20. The zero-order valence-corrected chi connectivity index (χ0v) is 29.4. The number of hydrogen-bond acceptors (Lipinski definition) is 6. The van der Waals surface area contributed by atoms with Crippen molar-refractivity contribution in [3.63, 3.8) is 0 Å². The third-order valence-electron chi connectivity index (χ3n) is 8.76. The molecule has 256 valence electrons. The SMILES string of the molecule is CCCCCCCCN(CCCCCCCC)c1ccc(-c2oc3ccc(C[N+](C)(C)CCCS(=O)(=O)O)cc3c(=O)c2O)cc1. The molecule has 0 aliphatic heterocycles. The molecule has 1 aromatic heterocycles. The molecule has 2 N–H and O–H groups in total. The molecule has 0 amide bonds. The lowest BCUT2D eigenvalue weighted by Crippen LogP contribution is -2.40. The molecule has 0 saturated carbocycles. The second-order valence-corrected chi connectivity index (χ2v) is 15.0. The van der Waals surface area contributed by atoms with Gasteiger partial charge >= 0.3 is 0 Å². The Balaban J connectivity index is 1.74. The predicted molar refractivity (Wildman–Crippen MR) is 190 cm³/mol. The van der Waals surface area contributed by atoms with Crippen LogP contribution < -0.4 is 10.3 Å². The maximum absolute atomic E-state index is 13.3. The monoisotopic (exact) mass is 657 g/mol. The van der Waals surface area contributed by atoms with E-state index in [0.717, 1.165) is 24.3 Å². The molecule has 9 heteroatoms. The Kier molecular flexibility index (Phi) is 15.1. The summed E-state index contributed by atoms with van der Waals surface area (Å²) in [6, 6.07) is 13.4. The summed E-state index contributed by atoms with van der Waals surface area (Å²) in [6.07, 6.45) is 15.5. The van der Waals surface area contributed by atoms with Crippen LogP contribution in [0.1, 0.15) is 103 Å². The van der Waals surface area contributed by atoms with Gasteiger partial charge in [-0.2, -0.15) is 8.42 Å². The molecule has 0 fully saturated rings. The molecular formula is C37H57N2O6S+. The molecule has 46 heavy (non-hydrogen) atoms. The number of quaternary nitrogens is 1. The van der Waals surface area contributed by atoms with E-state index in [2.05, 4.69) is 30.9 Å². The fourth-order valence-electron chi connectivity index (χ4n) is 6.13. The van der Waals surface area contributed by atoms with Crippen molar-refractivity contribution in [1.82, 2.24) is 0 Å². The fourth-order valence-corrected chi connectivity index (χ4v) is 6.63. The van der Waals surface area contributed by atoms with Gasteiger partial charge in [-0.1, -0.05) is 78.1 Å². The molecule has 1 heterocycles. The van der Waals surface area contributed by atoms with Crippen LogP contribution >= 0.6 is 0 Å². The van der Waals surface area contributed by atoms with Crippen LogP contribution in [0.2, 0.25) is 0 Å². The first-order valence-electron chi connectivity index (χ1n) is 17.4. The topological polar surface area (TPSA) is 108 Å². The van der Waals surface area contributed by atoms with E-state index >= 15 is 0 Å². The first-order valence-corrected chi connectivity index (χ1v) is 19.0. The van der Waals surface area contributed by atoms with Gasteiger partial charge in [0.1, 0.15) is 12.1 Å². The van der Waals surface area contributed by atoms with Crippen molar-refractivity contribution in [3.05, 3.63) is 58.3 Å². The Labute approximate surface area is 276 Å². The second kappa shape index (κ2) is 18.5. The maximum atomic E-state index is 13.3. The van der Waals surface area contributed by atoms with Gasteiger partial charge in [0.25, 0.3) is 10.1 Å². The standard InChI is InChI=1S/C37H56N2O6S/c1-5-7-9-11-13-15-24-38(25-16-14-12-10-8-6-2)32-21-19-31(20-22-32)37-36(41)35(40)33-28-30(18-23-34(33)45-37)29-39(3,4)26-17-27-46(42,43)44/h18-23,28H,5-17,24-27,29H2,1-4H3,(H-,41,42,43,44)/p+1. The highest BCUT2D eigenvalue weighted by molar-refractivity contribution is 7.85. The summed E-state index contributed by atoms with van der Waals surface area (Å²) in [7, 11) is -0.0790. The third kappa shape index (κ3) is 12.4. The lowest BCUT2D eigenvalue weighted by atomic mass is 10.1. The van der Waals surface area contributed by atoms with Gasteiger partial charge in [-0.05, 0) is 55.3 Å². The fraction of sp³-hybridized carbons (Fsp3) is 0.595. The summed E-state index contributed by atoms with van der Waals surface area (Å²) in [5.41, 5.74) is 2.58. The van der Waals surface area contributed by atoms with Gasteiger partial charge in [0.2, 0.25) is 11.2 Å². The minimum Gasteiger partial charge on any atom is -0.502 e. The summed E-state index contributed by atoms with van der Waals surface area (Å²) in [5, 5.41) is 11.3. The van der Waals surface area contributed by atoms with Crippen LogP contribution in [0.5, 0.6) is 5.75 Å². The largest absolute Gasteiger partial charge is 0.502 e. The number of hydrogen-bond donors (Lipinski definition) is 2. The average Bonchev–Trinajstić information content (AvgIpc) is 3.00. The van der Waals surface area contributed by atoms with Gasteiger partial charge in [0.05, 0.1) is 31.8 Å². The predicted octanol–water partition coefficient (Wildman–Crippen LogP) is 8.55. The summed E-state index contributed by atoms with van der Waals surface area (Å²) in [4.78, 5) is 15.8. The quantitative estimate of drug-likeness (QED) is 0.0633. The normalized spacial score (nSPS) is 12.2. The van der Waals surface area contributed by atoms with E-state index < -0.39 is 21.3 Å². The molecule has 0 aliphatic rings.